The molecule has 0 saturated carbocycles. The van der Waals surface area contributed by atoms with Crippen molar-refractivity contribution in [3.63, 3.8) is 0 Å². The third-order valence-corrected chi connectivity index (χ3v) is 3.56. The fourth-order valence-corrected chi connectivity index (χ4v) is 2.12. The van der Waals surface area contributed by atoms with E-state index in [-0.39, 0.29) is 16.1 Å². The zero-order valence-corrected chi connectivity index (χ0v) is 14.7. The number of anilines is 1. The summed E-state index contributed by atoms with van der Waals surface area (Å²) in [5, 5.41) is 17.7. The standard InChI is InChI=1S/C13H14Cl2N6OS/c1-7(2)6-21-19-12(18-20-21)17-13(23)16-11(22)8-3-4-9(14)10(15)5-8/h3-5,7H,6H2,1-2H3,(H2,16,17,19,22,23). The zero-order chi connectivity index (χ0) is 17.0. The Hall–Kier alpha value is -1.77. The number of aromatic nitrogens is 4. The van der Waals surface area contributed by atoms with Crippen molar-refractivity contribution in [3.05, 3.63) is 33.8 Å². The summed E-state index contributed by atoms with van der Waals surface area (Å²) < 4.78 is 0. The highest BCUT2D eigenvalue weighted by Gasteiger charge is 2.12. The summed E-state index contributed by atoms with van der Waals surface area (Å²) in [4.78, 5) is 13.5. The highest BCUT2D eigenvalue weighted by molar-refractivity contribution is 7.80. The predicted molar refractivity (Wildman–Crippen MR) is 92.8 cm³/mol. The molecule has 0 aliphatic heterocycles. The van der Waals surface area contributed by atoms with Crippen molar-refractivity contribution in [2.24, 2.45) is 5.92 Å². The van der Waals surface area contributed by atoms with Gasteiger partial charge >= 0.3 is 0 Å². The van der Waals surface area contributed by atoms with Gasteiger partial charge < -0.3 is 0 Å². The Balaban J connectivity index is 1.94. The third-order valence-electron chi connectivity index (χ3n) is 2.62. The van der Waals surface area contributed by atoms with Crippen LogP contribution in [0.4, 0.5) is 5.95 Å². The minimum Gasteiger partial charge on any atom is -0.299 e. The van der Waals surface area contributed by atoms with E-state index in [0.29, 0.717) is 23.0 Å². The molecule has 0 atom stereocenters. The van der Waals surface area contributed by atoms with Crippen LogP contribution in [0.5, 0.6) is 0 Å². The van der Waals surface area contributed by atoms with Crippen LogP contribution >= 0.6 is 35.4 Å². The van der Waals surface area contributed by atoms with Gasteiger partial charge in [0.1, 0.15) is 0 Å². The van der Waals surface area contributed by atoms with E-state index in [1.54, 1.807) is 6.07 Å². The molecule has 1 aromatic carbocycles. The topological polar surface area (TPSA) is 84.7 Å². The highest BCUT2D eigenvalue weighted by Crippen LogP contribution is 2.22. The summed E-state index contributed by atoms with van der Waals surface area (Å²) >= 11 is 16.7. The lowest BCUT2D eigenvalue weighted by atomic mass is 10.2. The molecule has 1 heterocycles. The molecular weight excluding hydrogens is 359 g/mol. The van der Waals surface area contributed by atoms with Crippen LogP contribution in [0.1, 0.15) is 24.2 Å². The SMILES string of the molecule is CC(C)Cn1nnc(NC(=S)NC(=O)c2ccc(Cl)c(Cl)c2)n1. The first kappa shape index (κ1) is 17.6. The minimum atomic E-state index is -0.421. The quantitative estimate of drug-likeness (QED) is 0.802. The van der Waals surface area contributed by atoms with Crippen molar-refractivity contribution >= 4 is 52.4 Å². The van der Waals surface area contributed by atoms with Crippen LogP contribution in [0.15, 0.2) is 18.2 Å². The van der Waals surface area contributed by atoms with Gasteiger partial charge in [0.2, 0.25) is 0 Å². The number of hydrogen-bond donors (Lipinski definition) is 2. The lowest BCUT2D eigenvalue weighted by Crippen LogP contribution is -2.34. The Kier molecular flexibility index (Phi) is 5.86. The molecule has 2 rings (SSSR count). The number of carbonyl (C=O) groups excluding carboxylic acids is 1. The van der Waals surface area contributed by atoms with E-state index in [4.69, 9.17) is 35.4 Å². The number of halogens is 2. The van der Waals surface area contributed by atoms with Gasteiger partial charge in [0.15, 0.2) is 5.11 Å². The van der Waals surface area contributed by atoms with Crippen LogP contribution in [-0.4, -0.2) is 31.2 Å². The Morgan fingerprint density at radius 1 is 1.35 bits per heavy atom. The number of nitrogens with zero attached hydrogens (tertiary/aromatic N) is 4. The number of tetrazole rings is 1. The van der Waals surface area contributed by atoms with Gasteiger partial charge in [-0.1, -0.05) is 42.1 Å². The maximum atomic E-state index is 12.1. The van der Waals surface area contributed by atoms with Crippen molar-refractivity contribution in [1.29, 1.82) is 0 Å². The number of rotatable bonds is 4. The number of hydrogen-bond acceptors (Lipinski definition) is 5. The molecule has 0 aliphatic carbocycles. The predicted octanol–water partition coefficient (Wildman–Crippen LogP) is 2.76. The number of nitrogens with one attached hydrogen (secondary N) is 2. The average molecular weight is 373 g/mol. The zero-order valence-electron chi connectivity index (χ0n) is 12.4. The number of benzene rings is 1. The van der Waals surface area contributed by atoms with Crippen LogP contribution in [0.2, 0.25) is 10.0 Å². The van der Waals surface area contributed by atoms with Gasteiger partial charge in [0.05, 0.1) is 16.6 Å². The Morgan fingerprint density at radius 2 is 2.09 bits per heavy atom. The van der Waals surface area contributed by atoms with Crippen molar-refractivity contribution < 1.29 is 4.79 Å². The molecule has 0 spiro atoms. The van der Waals surface area contributed by atoms with Gasteiger partial charge in [0, 0.05) is 5.56 Å². The fraction of sp³-hybridized carbons (Fsp3) is 0.308. The molecule has 23 heavy (non-hydrogen) atoms. The van der Waals surface area contributed by atoms with Crippen LogP contribution < -0.4 is 10.6 Å². The molecule has 2 N–H and O–H groups in total. The molecule has 0 saturated heterocycles. The maximum Gasteiger partial charge on any atom is 0.269 e. The highest BCUT2D eigenvalue weighted by atomic mass is 35.5. The van der Waals surface area contributed by atoms with Gasteiger partial charge in [-0.05, 0) is 41.5 Å². The second kappa shape index (κ2) is 7.67. The monoisotopic (exact) mass is 372 g/mol. The normalized spacial score (nSPS) is 10.7. The molecule has 122 valence electrons. The van der Waals surface area contributed by atoms with Gasteiger partial charge in [-0.3, -0.25) is 15.4 Å². The van der Waals surface area contributed by atoms with E-state index in [0.717, 1.165) is 0 Å². The molecule has 0 fully saturated rings. The van der Waals surface area contributed by atoms with E-state index in [1.165, 1.54) is 16.9 Å². The first-order valence-corrected chi connectivity index (χ1v) is 7.86. The molecule has 0 radical (unpaired) electrons. The lowest BCUT2D eigenvalue weighted by molar-refractivity contribution is 0.0977. The molecule has 2 aromatic rings. The van der Waals surface area contributed by atoms with Crippen molar-refractivity contribution in [1.82, 2.24) is 25.5 Å². The molecule has 0 aliphatic rings. The van der Waals surface area contributed by atoms with Crippen molar-refractivity contribution in [2.75, 3.05) is 5.32 Å². The van der Waals surface area contributed by atoms with Crippen LogP contribution in [-0.2, 0) is 6.54 Å². The molecule has 1 amide bonds. The number of carbonyl (C=O) groups is 1. The van der Waals surface area contributed by atoms with E-state index in [1.807, 2.05) is 13.8 Å². The molecule has 0 unspecified atom stereocenters. The molecule has 7 nitrogen and oxygen atoms in total. The van der Waals surface area contributed by atoms with Crippen LogP contribution in [0.25, 0.3) is 0 Å². The average Bonchev–Trinajstić information content (AvgIpc) is 2.87. The van der Waals surface area contributed by atoms with Crippen LogP contribution in [0.3, 0.4) is 0 Å². The Bertz CT molecular complexity index is 733. The summed E-state index contributed by atoms with van der Waals surface area (Å²) in [6.07, 6.45) is 0. The largest absolute Gasteiger partial charge is 0.299 e. The summed E-state index contributed by atoms with van der Waals surface area (Å²) in [6.45, 7) is 4.72. The first-order valence-electron chi connectivity index (χ1n) is 6.70. The summed E-state index contributed by atoms with van der Waals surface area (Å²) in [6, 6.07) is 4.54. The van der Waals surface area contributed by atoms with Gasteiger partial charge in [-0.2, -0.15) is 4.80 Å². The second-order valence-electron chi connectivity index (χ2n) is 5.10. The van der Waals surface area contributed by atoms with Crippen molar-refractivity contribution in [3.8, 4) is 0 Å². The summed E-state index contributed by atoms with van der Waals surface area (Å²) in [7, 11) is 0. The van der Waals surface area contributed by atoms with E-state index >= 15 is 0 Å². The minimum absolute atomic E-state index is 0.0603. The van der Waals surface area contributed by atoms with Gasteiger partial charge in [-0.25, -0.2) is 0 Å². The van der Waals surface area contributed by atoms with E-state index < -0.39 is 5.91 Å². The van der Waals surface area contributed by atoms with Gasteiger partial charge in [-0.15, -0.1) is 5.10 Å². The summed E-state index contributed by atoms with van der Waals surface area (Å²) in [5.41, 5.74) is 0.333. The maximum absolute atomic E-state index is 12.1. The number of amides is 1. The Labute approximate surface area is 148 Å². The Morgan fingerprint density at radius 3 is 2.74 bits per heavy atom. The van der Waals surface area contributed by atoms with Crippen molar-refractivity contribution in [2.45, 2.75) is 20.4 Å². The molecular formula is C13H14Cl2N6OS. The number of thiocarbonyl (C=S) groups is 1. The molecule has 10 heteroatoms. The molecule has 1 aromatic heterocycles. The smallest absolute Gasteiger partial charge is 0.269 e. The van der Waals surface area contributed by atoms with Gasteiger partial charge in [0.25, 0.3) is 11.9 Å². The van der Waals surface area contributed by atoms with Crippen LogP contribution in [0, 0.1) is 5.92 Å². The first-order chi connectivity index (χ1) is 10.8. The fourth-order valence-electron chi connectivity index (χ4n) is 1.64. The van der Waals surface area contributed by atoms with E-state index in [2.05, 4.69) is 26.0 Å². The molecule has 0 bridgehead atoms. The lowest BCUT2D eigenvalue weighted by Gasteiger charge is -2.07. The second-order valence-corrected chi connectivity index (χ2v) is 6.32. The third kappa shape index (κ3) is 5.12. The van der Waals surface area contributed by atoms with E-state index in [9.17, 15) is 4.79 Å². The summed E-state index contributed by atoms with van der Waals surface area (Å²) in [5.74, 6) is 0.180.